The van der Waals surface area contributed by atoms with Crippen LogP contribution in [-0.4, -0.2) is 6.10 Å². The minimum atomic E-state index is 0.435. The van der Waals surface area contributed by atoms with Gasteiger partial charge < -0.3 is 4.74 Å². The highest BCUT2D eigenvalue weighted by Gasteiger charge is 2.28. The van der Waals surface area contributed by atoms with E-state index in [1.165, 1.54) is 19.3 Å². The smallest absolute Gasteiger partial charge is 0.0987 e. The summed E-state index contributed by atoms with van der Waals surface area (Å²) in [6.07, 6.45) is 13.1. The standard InChI is InChI=1S/C14H20O/c1-5-7-11(3)8-12(4)15-14-9-13(6-2)10-14/h1,7-8,13-14H,6,9-10H2,2-4H3/b11-7-,12-8+. The van der Waals surface area contributed by atoms with Gasteiger partial charge in [-0.2, -0.15) is 0 Å². The van der Waals surface area contributed by atoms with Crippen molar-refractivity contribution in [1.82, 2.24) is 0 Å². The third-order valence-electron chi connectivity index (χ3n) is 2.86. The zero-order chi connectivity index (χ0) is 11.3. The molecule has 0 heterocycles. The Balaban J connectivity index is 2.34. The zero-order valence-corrected chi connectivity index (χ0v) is 9.92. The van der Waals surface area contributed by atoms with Gasteiger partial charge in [-0.25, -0.2) is 0 Å². The Morgan fingerprint density at radius 2 is 2.13 bits per heavy atom. The van der Waals surface area contributed by atoms with Gasteiger partial charge in [0.25, 0.3) is 0 Å². The van der Waals surface area contributed by atoms with E-state index < -0.39 is 0 Å². The van der Waals surface area contributed by atoms with Gasteiger partial charge in [-0.1, -0.05) is 19.3 Å². The predicted molar refractivity (Wildman–Crippen MR) is 64.2 cm³/mol. The molecule has 0 radical (unpaired) electrons. The quantitative estimate of drug-likeness (QED) is 0.385. The molecule has 1 saturated carbocycles. The normalized spacial score (nSPS) is 26.8. The molecular weight excluding hydrogens is 184 g/mol. The van der Waals surface area contributed by atoms with Crippen molar-refractivity contribution in [2.24, 2.45) is 5.92 Å². The van der Waals surface area contributed by atoms with E-state index in [1.807, 2.05) is 19.9 Å². The van der Waals surface area contributed by atoms with E-state index in [0.29, 0.717) is 6.10 Å². The van der Waals surface area contributed by atoms with Gasteiger partial charge in [0.05, 0.1) is 11.9 Å². The first-order valence-corrected chi connectivity index (χ1v) is 5.63. The Morgan fingerprint density at radius 3 is 2.67 bits per heavy atom. The summed E-state index contributed by atoms with van der Waals surface area (Å²) in [5.74, 6) is 4.36. The molecule has 15 heavy (non-hydrogen) atoms. The molecule has 1 fully saturated rings. The van der Waals surface area contributed by atoms with Crippen LogP contribution in [0.3, 0.4) is 0 Å². The maximum atomic E-state index is 5.79. The third kappa shape index (κ3) is 3.83. The monoisotopic (exact) mass is 204 g/mol. The zero-order valence-electron chi connectivity index (χ0n) is 9.92. The van der Waals surface area contributed by atoms with Crippen LogP contribution in [0.4, 0.5) is 0 Å². The van der Waals surface area contributed by atoms with Gasteiger partial charge in [0.1, 0.15) is 0 Å². The molecule has 0 spiro atoms. The molecule has 1 rings (SSSR count). The van der Waals surface area contributed by atoms with Crippen molar-refractivity contribution < 1.29 is 4.74 Å². The lowest BCUT2D eigenvalue weighted by molar-refractivity contribution is 0.0103. The maximum Gasteiger partial charge on any atom is 0.0987 e. The van der Waals surface area contributed by atoms with Gasteiger partial charge >= 0.3 is 0 Å². The minimum Gasteiger partial charge on any atom is -0.495 e. The molecule has 0 N–H and O–H groups in total. The van der Waals surface area contributed by atoms with E-state index in [-0.39, 0.29) is 0 Å². The van der Waals surface area contributed by atoms with E-state index in [4.69, 9.17) is 11.2 Å². The molecule has 0 atom stereocenters. The van der Waals surface area contributed by atoms with Gasteiger partial charge in [-0.05, 0) is 50.3 Å². The molecule has 1 heteroatoms. The molecule has 0 bridgehead atoms. The molecule has 1 aliphatic carbocycles. The van der Waals surface area contributed by atoms with Crippen LogP contribution in [0.1, 0.15) is 40.0 Å². The molecule has 0 saturated heterocycles. The summed E-state index contributed by atoms with van der Waals surface area (Å²) in [5.41, 5.74) is 1.07. The van der Waals surface area contributed by atoms with Crippen LogP contribution in [0.5, 0.6) is 0 Å². The SMILES string of the molecule is C#C/C=C(C)\C=C(/C)OC1CC(CC)C1. The number of rotatable bonds is 4. The Bertz CT molecular complexity index is 298. The lowest BCUT2D eigenvalue weighted by Crippen LogP contribution is -2.30. The first kappa shape index (κ1) is 11.9. The molecule has 1 aliphatic rings. The van der Waals surface area contributed by atoms with E-state index in [1.54, 1.807) is 6.08 Å². The fourth-order valence-electron chi connectivity index (χ4n) is 1.89. The Hall–Kier alpha value is -1.16. The van der Waals surface area contributed by atoms with Crippen LogP contribution in [0, 0.1) is 18.3 Å². The van der Waals surface area contributed by atoms with E-state index in [2.05, 4.69) is 12.8 Å². The summed E-state index contributed by atoms with van der Waals surface area (Å²) in [6.45, 7) is 6.22. The second-order valence-electron chi connectivity index (χ2n) is 4.30. The second kappa shape index (κ2) is 5.66. The van der Waals surface area contributed by atoms with Gasteiger partial charge in [-0.3, -0.25) is 0 Å². The summed E-state index contributed by atoms with van der Waals surface area (Å²) < 4.78 is 5.79. The van der Waals surface area contributed by atoms with Crippen LogP contribution >= 0.6 is 0 Å². The van der Waals surface area contributed by atoms with Crippen molar-refractivity contribution in [1.29, 1.82) is 0 Å². The van der Waals surface area contributed by atoms with Crippen molar-refractivity contribution in [2.45, 2.75) is 46.1 Å². The maximum absolute atomic E-state index is 5.79. The average Bonchev–Trinajstić information content (AvgIpc) is 2.10. The molecular formula is C14H20O. The Morgan fingerprint density at radius 1 is 1.47 bits per heavy atom. The van der Waals surface area contributed by atoms with Crippen molar-refractivity contribution in [3.05, 3.63) is 23.5 Å². The average molecular weight is 204 g/mol. The molecule has 0 aromatic heterocycles. The first-order chi connectivity index (χ1) is 7.15. The largest absolute Gasteiger partial charge is 0.495 e. The number of terminal acetylenes is 1. The number of hydrogen-bond acceptors (Lipinski definition) is 1. The summed E-state index contributed by atoms with van der Waals surface area (Å²) in [4.78, 5) is 0. The third-order valence-corrected chi connectivity index (χ3v) is 2.86. The Kier molecular flexibility index (Phi) is 4.49. The van der Waals surface area contributed by atoms with E-state index >= 15 is 0 Å². The van der Waals surface area contributed by atoms with Crippen LogP contribution in [0.25, 0.3) is 0 Å². The van der Waals surface area contributed by atoms with Crippen LogP contribution < -0.4 is 0 Å². The summed E-state index contributed by atoms with van der Waals surface area (Å²) in [6, 6.07) is 0. The van der Waals surface area contributed by atoms with Gasteiger partial charge in [0.15, 0.2) is 0 Å². The number of allylic oxidation sites excluding steroid dienone is 4. The summed E-state index contributed by atoms with van der Waals surface area (Å²) in [5, 5.41) is 0. The van der Waals surface area contributed by atoms with Crippen molar-refractivity contribution in [3.8, 4) is 12.3 Å². The number of ether oxygens (including phenoxy) is 1. The predicted octanol–water partition coefficient (Wildman–Crippen LogP) is 3.67. The molecule has 0 unspecified atom stereocenters. The first-order valence-electron chi connectivity index (χ1n) is 5.63. The lowest BCUT2D eigenvalue weighted by Gasteiger charge is -2.35. The van der Waals surface area contributed by atoms with Crippen molar-refractivity contribution in [2.75, 3.05) is 0 Å². The molecule has 82 valence electrons. The second-order valence-corrected chi connectivity index (χ2v) is 4.30. The van der Waals surface area contributed by atoms with Crippen LogP contribution in [0.2, 0.25) is 0 Å². The molecule has 0 aliphatic heterocycles. The molecule has 0 aromatic rings. The summed E-state index contributed by atoms with van der Waals surface area (Å²) >= 11 is 0. The highest BCUT2D eigenvalue weighted by atomic mass is 16.5. The molecule has 0 aromatic carbocycles. The topological polar surface area (TPSA) is 9.23 Å². The highest BCUT2D eigenvalue weighted by molar-refractivity contribution is 5.26. The van der Waals surface area contributed by atoms with Crippen molar-refractivity contribution >= 4 is 0 Å². The van der Waals surface area contributed by atoms with Crippen LogP contribution in [-0.2, 0) is 4.74 Å². The van der Waals surface area contributed by atoms with Gasteiger partial charge in [0, 0.05) is 0 Å². The fraction of sp³-hybridized carbons (Fsp3) is 0.571. The van der Waals surface area contributed by atoms with Crippen LogP contribution in [0.15, 0.2) is 23.5 Å². The number of hydrogen-bond donors (Lipinski definition) is 0. The Labute approximate surface area is 93.2 Å². The fourth-order valence-corrected chi connectivity index (χ4v) is 1.89. The molecule has 0 amide bonds. The summed E-state index contributed by atoms with van der Waals surface area (Å²) in [7, 11) is 0. The van der Waals surface area contributed by atoms with Crippen molar-refractivity contribution in [3.63, 3.8) is 0 Å². The van der Waals surface area contributed by atoms with Gasteiger partial charge in [0.2, 0.25) is 0 Å². The minimum absolute atomic E-state index is 0.435. The lowest BCUT2D eigenvalue weighted by atomic mass is 9.80. The molecule has 1 nitrogen and oxygen atoms in total. The van der Waals surface area contributed by atoms with E-state index in [9.17, 15) is 0 Å². The highest BCUT2D eigenvalue weighted by Crippen LogP contribution is 2.33. The van der Waals surface area contributed by atoms with E-state index in [0.717, 1.165) is 17.3 Å². The van der Waals surface area contributed by atoms with Gasteiger partial charge in [-0.15, -0.1) is 6.42 Å².